The Morgan fingerprint density at radius 2 is 2.00 bits per heavy atom. The van der Waals surface area contributed by atoms with Crippen LogP contribution in [0.3, 0.4) is 0 Å². The number of hydrogen-bond donors (Lipinski definition) is 1. The van der Waals surface area contributed by atoms with Crippen LogP contribution in [0.25, 0.3) is 0 Å². The number of esters is 1. The number of nitrogens with zero attached hydrogens (tertiary/aromatic N) is 2. The van der Waals surface area contributed by atoms with Crippen LogP contribution in [0.5, 0.6) is 5.75 Å². The average Bonchev–Trinajstić information content (AvgIpc) is 3.38. The molecule has 1 N–H and O–H groups in total. The van der Waals surface area contributed by atoms with E-state index in [0.29, 0.717) is 17.2 Å². The molecule has 0 bridgehead atoms. The normalized spacial score (nSPS) is 12.8. The van der Waals surface area contributed by atoms with Crippen molar-refractivity contribution >= 4 is 28.2 Å². The molecule has 0 saturated carbocycles. The van der Waals surface area contributed by atoms with Gasteiger partial charge in [-0.15, -0.1) is 11.3 Å². The molecule has 0 aliphatic heterocycles. The molecule has 1 amide bonds. The van der Waals surface area contributed by atoms with Gasteiger partial charge in [0.05, 0.1) is 12.2 Å². The number of carbonyl (C=O) groups is 2. The quantitative estimate of drug-likeness (QED) is 0.544. The molecule has 1 aliphatic carbocycles. The molecule has 0 radical (unpaired) electrons. The topological polar surface area (TPSA) is 82.5 Å². The van der Waals surface area contributed by atoms with E-state index >= 15 is 0 Å². The predicted molar refractivity (Wildman–Crippen MR) is 119 cm³/mol. The Balaban J connectivity index is 1.48. The summed E-state index contributed by atoms with van der Waals surface area (Å²) in [5.41, 5.74) is 2.80. The maximum absolute atomic E-state index is 12.8. The van der Waals surface area contributed by atoms with Gasteiger partial charge in [-0.3, -0.25) is 4.79 Å². The van der Waals surface area contributed by atoms with E-state index in [1.54, 1.807) is 23.9 Å². The Morgan fingerprint density at radius 3 is 2.81 bits per heavy atom. The first-order valence-electron chi connectivity index (χ1n) is 10.4. The smallest absolute Gasteiger partial charge is 0.341 e. The SMILES string of the molecule is CCOC(=O)c1c(NC(=O)c2ccn(COc3ccccc3C)n2)sc2c1CCCC2. The van der Waals surface area contributed by atoms with Gasteiger partial charge < -0.3 is 14.8 Å². The fourth-order valence-electron chi connectivity index (χ4n) is 3.65. The molecule has 8 heteroatoms. The molecule has 0 unspecified atom stereocenters. The molecule has 1 aliphatic rings. The summed E-state index contributed by atoms with van der Waals surface area (Å²) in [5.74, 6) is 0.0281. The lowest BCUT2D eigenvalue weighted by atomic mass is 9.95. The molecular weight excluding hydrogens is 414 g/mol. The van der Waals surface area contributed by atoms with Crippen molar-refractivity contribution in [3.05, 3.63) is 63.8 Å². The molecule has 0 atom stereocenters. The van der Waals surface area contributed by atoms with E-state index in [0.717, 1.165) is 47.4 Å². The van der Waals surface area contributed by atoms with Crippen LogP contribution in [0.2, 0.25) is 0 Å². The molecule has 2 aromatic heterocycles. The van der Waals surface area contributed by atoms with E-state index in [9.17, 15) is 9.59 Å². The Labute approximate surface area is 185 Å². The van der Waals surface area contributed by atoms with Crippen LogP contribution in [-0.4, -0.2) is 28.3 Å². The van der Waals surface area contributed by atoms with Gasteiger partial charge in [-0.25, -0.2) is 9.48 Å². The largest absolute Gasteiger partial charge is 0.471 e. The number of benzene rings is 1. The number of fused-ring (bicyclic) bond motifs is 1. The van der Waals surface area contributed by atoms with E-state index in [1.165, 1.54) is 11.3 Å². The zero-order valence-corrected chi connectivity index (χ0v) is 18.5. The van der Waals surface area contributed by atoms with Crippen molar-refractivity contribution in [1.29, 1.82) is 0 Å². The third kappa shape index (κ3) is 4.64. The van der Waals surface area contributed by atoms with Crippen LogP contribution in [0.15, 0.2) is 36.5 Å². The van der Waals surface area contributed by atoms with E-state index in [-0.39, 0.29) is 24.3 Å². The van der Waals surface area contributed by atoms with Gasteiger partial charge in [-0.05, 0) is 62.8 Å². The Hall–Kier alpha value is -3.13. The lowest BCUT2D eigenvalue weighted by molar-refractivity contribution is 0.0526. The highest BCUT2D eigenvalue weighted by Gasteiger charge is 2.27. The van der Waals surface area contributed by atoms with Gasteiger partial charge in [0.25, 0.3) is 5.91 Å². The molecular formula is C23H25N3O4S. The van der Waals surface area contributed by atoms with Crippen molar-refractivity contribution in [3.63, 3.8) is 0 Å². The molecule has 0 saturated heterocycles. The molecule has 3 aromatic rings. The molecule has 162 valence electrons. The number of thiophene rings is 1. The number of aromatic nitrogens is 2. The van der Waals surface area contributed by atoms with E-state index in [2.05, 4.69) is 10.4 Å². The molecule has 2 heterocycles. The van der Waals surface area contributed by atoms with Gasteiger partial charge in [0, 0.05) is 11.1 Å². The summed E-state index contributed by atoms with van der Waals surface area (Å²) in [4.78, 5) is 26.5. The molecule has 4 rings (SSSR count). The predicted octanol–water partition coefficient (Wildman–Crippen LogP) is 4.60. The minimum Gasteiger partial charge on any atom is -0.471 e. The monoisotopic (exact) mass is 439 g/mol. The molecule has 31 heavy (non-hydrogen) atoms. The minimum absolute atomic E-state index is 0.194. The second kappa shape index (κ2) is 9.34. The Morgan fingerprint density at radius 1 is 1.19 bits per heavy atom. The highest BCUT2D eigenvalue weighted by atomic mass is 32.1. The van der Waals surface area contributed by atoms with Crippen molar-refractivity contribution in [2.24, 2.45) is 0 Å². The number of hydrogen-bond acceptors (Lipinski definition) is 6. The third-order valence-electron chi connectivity index (χ3n) is 5.20. The summed E-state index contributed by atoms with van der Waals surface area (Å²) in [7, 11) is 0. The zero-order chi connectivity index (χ0) is 21.8. The fraction of sp³-hybridized carbons (Fsp3) is 0.348. The van der Waals surface area contributed by atoms with Crippen LogP contribution in [0, 0.1) is 6.92 Å². The van der Waals surface area contributed by atoms with E-state index in [1.807, 2.05) is 31.2 Å². The minimum atomic E-state index is -0.380. The molecule has 0 fully saturated rings. The van der Waals surface area contributed by atoms with E-state index < -0.39 is 0 Å². The van der Waals surface area contributed by atoms with Crippen molar-refractivity contribution in [1.82, 2.24) is 9.78 Å². The lowest BCUT2D eigenvalue weighted by Crippen LogP contribution is -2.17. The average molecular weight is 440 g/mol. The van der Waals surface area contributed by atoms with E-state index in [4.69, 9.17) is 9.47 Å². The second-order valence-corrected chi connectivity index (χ2v) is 8.47. The van der Waals surface area contributed by atoms with Crippen LogP contribution < -0.4 is 10.1 Å². The third-order valence-corrected chi connectivity index (χ3v) is 6.40. The number of carbonyl (C=O) groups excluding carboxylic acids is 2. The molecule has 1 aromatic carbocycles. The summed E-state index contributed by atoms with van der Waals surface area (Å²) in [6.45, 7) is 4.24. The number of aryl methyl sites for hydroxylation is 2. The van der Waals surface area contributed by atoms with Crippen molar-refractivity contribution in [2.75, 3.05) is 11.9 Å². The van der Waals surface area contributed by atoms with Crippen molar-refractivity contribution in [3.8, 4) is 5.75 Å². The lowest BCUT2D eigenvalue weighted by Gasteiger charge is -2.12. The van der Waals surface area contributed by atoms with Gasteiger partial charge in [-0.2, -0.15) is 5.10 Å². The first-order valence-corrected chi connectivity index (χ1v) is 11.2. The molecule has 0 spiro atoms. The Kier molecular flexibility index (Phi) is 6.36. The van der Waals surface area contributed by atoms with Gasteiger partial charge in [0.15, 0.2) is 12.4 Å². The standard InChI is InChI=1S/C23H25N3O4S/c1-3-29-23(28)20-16-9-5-7-11-19(16)31-22(20)24-21(27)17-12-13-26(25-17)14-30-18-10-6-4-8-15(18)2/h4,6,8,10,12-13H,3,5,7,9,11,14H2,1-2H3,(H,24,27). The maximum Gasteiger partial charge on any atom is 0.341 e. The summed E-state index contributed by atoms with van der Waals surface area (Å²) in [5, 5.41) is 7.74. The van der Waals surface area contributed by atoms with Crippen molar-refractivity contribution < 1.29 is 19.1 Å². The summed E-state index contributed by atoms with van der Waals surface area (Å²) < 4.78 is 12.6. The van der Waals surface area contributed by atoms with Crippen LogP contribution >= 0.6 is 11.3 Å². The summed E-state index contributed by atoms with van der Waals surface area (Å²) in [6, 6.07) is 9.35. The van der Waals surface area contributed by atoms with Crippen LogP contribution in [0.4, 0.5) is 5.00 Å². The highest BCUT2D eigenvalue weighted by Crippen LogP contribution is 2.38. The van der Waals surface area contributed by atoms with Crippen LogP contribution in [-0.2, 0) is 24.3 Å². The summed E-state index contributed by atoms with van der Waals surface area (Å²) >= 11 is 1.46. The van der Waals surface area contributed by atoms with Gasteiger partial charge in [-0.1, -0.05) is 18.2 Å². The number of nitrogens with one attached hydrogen (secondary N) is 1. The van der Waals surface area contributed by atoms with Gasteiger partial charge in [0.1, 0.15) is 10.8 Å². The van der Waals surface area contributed by atoms with Crippen molar-refractivity contribution in [2.45, 2.75) is 46.3 Å². The Bertz CT molecular complexity index is 1100. The first-order chi connectivity index (χ1) is 15.1. The van der Waals surface area contributed by atoms with Gasteiger partial charge >= 0.3 is 5.97 Å². The maximum atomic E-state index is 12.8. The highest BCUT2D eigenvalue weighted by molar-refractivity contribution is 7.17. The zero-order valence-electron chi connectivity index (χ0n) is 17.6. The second-order valence-electron chi connectivity index (χ2n) is 7.37. The summed E-state index contributed by atoms with van der Waals surface area (Å²) in [6.07, 6.45) is 5.58. The number of amides is 1. The van der Waals surface area contributed by atoms with Gasteiger partial charge in [0.2, 0.25) is 0 Å². The number of rotatable bonds is 7. The fourth-order valence-corrected chi connectivity index (χ4v) is 4.92. The van der Waals surface area contributed by atoms with Crippen LogP contribution in [0.1, 0.15) is 56.6 Å². The number of anilines is 1. The first kappa shape index (κ1) is 21.1. The number of para-hydroxylation sites is 1. The molecule has 7 nitrogen and oxygen atoms in total. The number of ether oxygens (including phenoxy) is 2.